The smallest absolute Gasteiger partial charge is 0.265 e. The largest absolute Gasteiger partial charge is 0.756 e. The van der Waals surface area contributed by atoms with Crippen LogP contribution in [0.4, 0.5) is 10.1 Å². The summed E-state index contributed by atoms with van der Waals surface area (Å²) in [5.41, 5.74) is 7.54. The number of phosphoric acid groups is 1. The summed E-state index contributed by atoms with van der Waals surface area (Å²) in [4.78, 5) is 62.6. The summed E-state index contributed by atoms with van der Waals surface area (Å²) < 4.78 is 29.3. The van der Waals surface area contributed by atoms with Gasteiger partial charge in [-0.25, -0.2) is 4.39 Å². The number of carbonyl (C=O) groups excluding carboxylic acids is 3. The Hall–Kier alpha value is -4.91. The Labute approximate surface area is 313 Å². The highest BCUT2D eigenvalue weighted by Gasteiger charge is 2.26. The number of aromatic nitrogens is 1. The highest BCUT2D eigenvalue weighted by atomic mass is 31.2. The Kier molecular flexibility index (Phi) is 13.7. The monoisotopic (exact) mass is 759 g/mol. The van der Waals surface area contributed by atoms with E-state index < -0.39 is 25.6 Å². The molecule has 2 heterocycles. The van der Waals surface area contributed by atoms with Gasteiger partial charge in [-0.1, -0.05) is 61.0 Å². The van der Waals surface area contributed by atoms with Gasteiger partial charge in [0.15, 0.2) is 0 Å². The standard InChI is InChI=1S/C40H46FN4O8P/c1-25-32(26(2)43-36(25)22-34-33-21-31(41)15-17-35(33)45-39(34)48)16-18-38(47)44-37(20-27-11-13-30(14-12-27)29-9-4-3-5-10-29)40(49)42-19-7-6-8-28(23-46)24-53-54(50,51)52/h3-5,9-15,17,21-22,28,37,43,46H,6-8,16,18-20,23-24H2,1-2H3,(H,42,49)(H,44,47)(H,45,48)(H2,50,51,52)/p-1/b34-22-/t28?,37-/m0/s1. The summed E-state index contributed by atoms with van der Waals surface area (Å²) >= 11 is 0. The number of phosphoric ester groups is 1. The van der Waals surface area contributed by atoms with E-state index in [9.17, 15) is 33.3 Å². The van der Waals surface area contributed by atoms with E-state index in [1.54, 1.807) is 6.08 Å². The van der Waals surface area contributed by atoms with Crippen LogP contribution in [0.2, 0.25) is 0 Å². The van der Waals surface area contributed by atoms with Crippen LogP contribution in [0.3, 0.4) is 0 Å². The van der Waals surface area contributed by atoms with Crippen LogP contribution in [-0.4, -0.2) is 58.5 Å². The molecular formula is C40H45FN4O8P-. The minimum atomic E-state index is -4.89. The van der Waals surface area contributed by atoms with Crippen molar-refractivity contribution in [3.05, 3.63) is 112 Å². The summed E-state index contributed by atoms with van der Waals surface area (Å²) in [5, 5.41) is 18.1. The van der Waals surface area contributed by atoms with E-state index in [0.29, 0.717) is 48.2 Å². The molecule has 0 fully saturated rings. The number of rotatable bonds is 18. The molecule has 0 spiro atoms. The second-order valence-electron chi connectivity index (χ2n) is 13.5. The summed E-state index contributed by atoms with van der Waals surface area (Å²) in [6.45, 7) is 3.39. The maximum atomic E-state index is 14.0. The van der Waals surface area contributed by atoms with E-state index in [1.165, 1.54) is 18.2 Å². The van der Waals surface area contributed by atoms with Crippen LogP contribution in [-0.2, 0) is 36.3 Å². The number of aliphatic hydroxyl groups excluding tert-OH is 1. The van der Waals surface area contributed by atoms with Crippen molar-refractivity contribution < 1.29 is 42.8 Å². The van der Waals surface area contributed by atoms with Crippen LogP contribution in [0.15, 0.2) is 72.8 Å². The van der Waals surface area contributed by atoms with Gasteiger partial charge in [-0.2, -0.15) is 0 Å². The van der Waals surface area contributed by atoms with E-state index in [0.717, 1.165) is 33.5 Å². The maximum Gasteiger partial charge on any atom is 0.265 e. The molecule has 1 aromatic heterocycles. The number of hydrogen-bond donors (Lipinski definition) is 6. The lowest BCUT2D eigenvalue weighted by Crippen LogP contribution is -2.48. The first-order valence-corrected chi connectivity index (χ1v) is 19.3. The number of aromatic amines is 1. The Morgan fingerprint density at radius 2 is 1.76 bits per heavy atom. The highest BCUT2D eigenvalue weighted by Crippen LogP contribution is 2.35. The van der Waals surface area contributed by atoms with E-state index in [1.807, 2.05) is 68.4 Å². The van der Waals surface area contributed by atoms with Crippen LogP contribution in [0.5, 0.6) is 0 Å². The van der Waals surface area contributed by atoms with E-state index in [4.69, 9.17) is 4.89 Å². The molecule has 286 valence electrons. The van der Waals surface area contributed by atoms with Crippen molar-refractivity contribution in [1.29, 1.82) is 0 Å². The van der Waals surface area contributed by atoms with Crippen molar-refractivity contribution in [2.24, 2.45) is 5.92 Å². The van der Waals surface area contributed by atoms with E-state index in [2.05, 4.69) is 25.5 Å². The van der Waals surface area contributed by atoms with E-state index in [-0.39, 0.29) is 50.3 Å². The van der Waals surface area contributed by atoms with Crippen LogP contribution in [0, 0.1) is 25.6 Å². The van der Waals surface area contributed by atoms with Crippen molar-refractivity contribution in [2.75, 3.05) is 25.1 Å². The minimum Gasteiger partial charge on any atom is -0.756 e. The zero-order valence-corrected chi connectivity index (χ0v) is 31.1. The third-order valence-corrected chi connectivity index (χ3v) is 9.98. The SMILES string of the molecule is Cc1[nH]c(/C=C2\C(=O)Nc3ccc(F)cc32)c(C)c1CCC(=O)N[C@@H](Cc1ccc(-c2ccccc2)cc1)C(=O)NCCCCC(CO)COP(=O)([O-])O. The first-order valence-electron chi connectivity index (χ1n) is 17.8. The number of carbonyl (C=O) groups is 3. The van der Waals surface area contributed by atoms with Gasteiger partial charge in [0.05, 0.1) is 12.2 Å². The molecule has 0 saturated carbocycles. The first-order chi connectivity index (χ1) is 25.8. The molecule has 3 atom stereocenters. The van der Waals surface area contributed by atoms with Gasteiger partial charge < -0.3 is 40.4 Å². The molecule has 5 rings (SSSR count). The van der Waals surface area contributed by atoms with Crippen LogP contribution in [0.25, 0.3) is 22.8 Å². The van der Waals surface area contributed by atoms with Crippen molar-refractivity contribution in [1.82, 2.24) is 15.6 Å². The van der Waals surface area contributed by atoms with Gasteiger partial charge in [0, 0.05) is 54.5 Å². The van der Waals surface area contributed by atoms with Crippen molar-refractivity contribution in [3.63, 3.8) is 0 Å². The molecule has 3 aromatic carbocycles. The number of H-pyrrole nitrogens is 1. The molecule has 2 unspecified atom stereocenters. The quantitative estimate of drug-likeness (QED) is 0.0466. The Morgan fingerprint density at radius 1 is 1.04 bits per heavy atom. The average Bonchev–Trinajstić information content (AvgIpc) is 3.60. The molecule has 0 bridgehead atoms. The number of benzene rings is 3. The second-order valence-corrected chi connectivity index (χ2v) is 14.7. The number of amides is 3. The third-order valence-electron chi connectivity index (χ3n) is 9.51. The predicted octanol–water partition coefficient (Wildman–Crippen LogP) is 4.96. The molecule has 14 heteroatoms. The highest BCUT2D eigenvalue weighted by molar-refractivity contribution is 7.44. The molecular weight excluding hydrogens is 714 g/mol. The fourth-order valence-corrected chi connectivity index (χ4v) is 6.92. The molecule has 0 saturated heterocycles. The van der Waals surface area contributed by atoms with Gasteiger partial charge in [0.1, 0.15) is 11.9 Å². The summed E-state index contributed by atoms with van der Waals surface area (Å²) in [6, 6.07) is 20.9. The lowest BCUT2D eigenvalue weighted by molar-refractivity contribution is -0.221. The molecule has 54 heavy (non-hydrogen) atoms. The predicted molar refractivity (Wildman–Crippen MR) is 202 cm³/mol. The second kappa shape index (κ2) is 18.4. The average molecular weight is 760 g/mol. The zero-order valence-electron chi connectivity index (χ0n) is 30.2. The number of anilines is 1. The van der Waals surface area contributed by atoms with Crippen molar-refractivity contribution in [2.45, 2.75) is 58.4 Å². The molecule has 1 aliphatic heterocycles. The molecule has 0 radical (unpaired) electrons. The number of nitrogens with one attached hydrogen (secondary N) is 4. The molecule has 0 aliphatic carbocycles. The third kappa shape index (κ3) is 11.1. The van der Waals surface area contributed by atoms with Crippen LogP contribution < -0.4 is 20.8 Å². The normalized spacial score (nSPS) is 15.3. The minimum absolute atomic E-state index is 0.0928. The maximum absolute atomic E-state index is 14.0. The summed E-state index contributed by atoms with van der Waals surface area (Å²) in [5.74, 6) is -1.95. The Bertz CT molecular complexity index is 2030. The number of unbranched alkanes of at least 4 members (excludes halogenated alkanes) is 1. The molecule has 1 aliphatic rings. The van der Waals surface area contributed by atoms with Gasteiger partial charge in [-0.15, -0.1) is 0 Å². The lowest BCUT2D eigenvalue weighted by atomic mass is 9.99. The number of hydrogen-bond acceptors (Lipinski definition) is 7. The lowest BCUT2D eigenvalue weighted by Gasteiger charge is -2.20. The zero-order chi connectivity index (χ0) is 38.8. The number of halogens is 1. The summed E-state index contributed by atoms with van der Waals surface area (Å²) in [6.07, 6.45) is 3.88. The van der Waals surface area contributed by atoms with E-state index >= 15 is 0 Å². The molecule has 4 aromatic rings. The van der Waals surface area contributed by atoms with Crippen LogP contribution >= 0.6 is 7.82 Å². The van der Waals surface area contributed by atoms with Gasteiger partial charge in [-0.05, 0) is 85.2 Å². The van der Waals surface area contributed by atoms with Crippen LogP contribution in [0.1, 0.15) is 59.3 Å². The summed E-state index contributed by atoms with van der Waals surface area (Å²) in [7, 11) is -4.89. The first kappa shape index (κ1) is 40.3. The number of fused-ring (bicyclic) bond motifs is 1. The molecule has 3 amide bonds. The number of aryl methyl sites for hydroxylation is 1. The van der Waals surface area contributed by atoms with Gasteiger partial charge in [-0.3, -0.25) is 18.9 Å². The molecule has 6 N–H and O–H groups in total. The fourth-order valence-electron chi connectivity index (χ4n) is 6.52. The van der Waals surface area contributed by atoms with Gasteiger partial charge in [0.2, 0.25) is 11.8 Å². The number of aliphatic hydroxyl groups is 1. The Morgan fingerprint density at radius 3 is 2.46 bits per heavy atom. The fraction of sp³-hybridized carbons (Fsp3) is 0.325. The topological polar surface area (TPSA) is 193 Å². The van der Waals surface area contributed by atoms with Crippen molar-refractivity contribution in [3.8, 4) is 11.1 Å². The van der Waals surface area contributed by atoms with Crippen molar-refractivity contribution >= 4 is 42.9 Å². The Balaban J connectivity index is 1.22. The van der Waals surface area contributed by atoms with Gasteiger partial charge in [0.25, 0.3) is 13.7 Å². The molecule has 12 nitrogen and oxygen atoms in total. The van der Waals surface area contributed by atoms with Gasteiger partial charge >= 0.3 is 0 Å².